The average Bonchev–Trinajstić information content (AvgIpc) is 3.14. The first-order valence-electron chi connectivity index (χ1n) is 6.00. The van der Waals surface area contributed by atoms with Gasteiger partial charge in [-0.15, -0.1) is 5.10 Å². The Labute approximate surface area is 113 Å². The number of nitrogens with zero attached hydrogens (tertiary/aromatic N) is 4. The number of hydrogen-bond acceptors (Lipinski definition) is 6. The number of fused-ring (bicyclic) bond motifs is 1. The van der Waals surface area contributed by atoms with Crippen molar-refractivity contribution in [1.29, 1.82) is 0 Å². The number of para-hydroxylation sites is 2. The van der Waals surface area contributed by atoms with E-state index in [2.05, 4.69) is 20.2 Å². The lowest BCUT2D eigenvalue weighted by Crippen LogP contribution is -1.85. The zero-order chi connectivity index (χ0) is 13.4. The molecule has 0 aliphatic rings. The Balaban J connectivity index is 1.78. The maximum absolute atomic E-state index is 5.60. The molecule has 0 fully saturated rings. The van der Waals surface area contributed by atoms with Gasteiger partial charge in [0.1, 0.15) is 23.2 Å². The first-order valence-corrected chi connectivity index (χ1v) is 6.00. The van der Waals surface area contributed by atoms with Crippen LogP contribution < -0.4 is 0 Å². The minimum atomic E-state index is 0.321. The van der Waals surface area contributed by atoms with Gasteiger partial charge >= 0.3 is 0 Å². The normalized spacial score (nSPS) is 11.0. The van der Waals surface area contributed by atoms with Crippen molar-refractivity contribution in [2.24, 2.45) is 0 Å². The third-order valence-corrected chi connectivity index (χ3v) is 2.82. The SMILES string of the molecule is c1cnnc(-c2coc(-c3nc4ccccc4o3)n2)c1. The fraction of sp³-hybridized carbons (Fsp3) is 0. The van der Waals surface area contributed by atoms with Crippen LogP contribution in [0.5, 0.6) is 0 Å². The summed E-state index contributed by atoms with van der Waals surface area (Å²) in [6.07, 6.45) is 3.11. The zero-order valence-electron chi connectivity index (χ0n) is 10.2. The molecule has 0 aliphatic carbocycles. The van der Waals surface area contributed by atoms with Crippen molar-refractivity contribution in [2.45, 2.75) is 0 Å². The summed E-state index contributed by atoms with van der Waals surface area (Å²) in [4.78, 5) is 8.65. The number of oxazole rings is 2. The summed E-state index contributed by atoms with van der Waals surface area (Å²) in [7, 11) is 0. The fourth-order valence-corrected chi connectivity index (χ4v) is 1.89. The molecule has 0 aliphatic heterocycles. The van der Waals surface area contributed by atoms with Crippen molar-refractivity contribution in [2.75, 3.05) is 0 Å². The van der Waals surface area contributed by atoms with E-state index in [4.69, 9.17) is 8.83 Å². The van der Waals surface area contributed by atoms with Gasteiger partial charge in [0.05, 0.1) is 0 Å². The number of rotatable bonds is 2. The molecular formula is C14H8N4O2. The molecule has 6 heteroatoms. The van der Waals surface area contributed by atoms with Crippen molar-refractivity contribution in [1.82, 2.24) is 20.2 Å². The lowest BCUT2D eigenvalue weighted by molar-refractivity contribution is 0.527. The van der Waals surface area contributed by atoms with Crippen LogP contribution in [0.1, 0.15) is 0 Å². The van der Waals surface area contributed by atoms with Gasteiger partial charge in [-0.3, -0.25) is 0 Å². The molecule has 3 heterocycles. The van der Waals surface area contributed by atoms with Gasteiger partial charge in [-0.05, 0) is 24.3 Å². The Morgan fingerprint density at radius 1 is 0.850 bits per heavy atom. The molecule has 1 aromatic carbocycles. The Bertz CT molecular complexity index is 834. The molecule has 6 nitrogen and oxygen atoms in total. The van der Waals surface area contributed by atoms with Crippen LogP contribution in [-0.4, -0.2) is 20.2 Å². The second-order valence-electron chi connectivity index (χ2n) is 4.13. The van der Waals surface area contributed by atoms with Crippen LogP contribution in [0.3, 0.4) is 0 Å². The minimum absolute atomic E-state index is 0.321. The maximum Gasteiger partial charge on any atom is 0.284 e. The van der Waals surface area contributed by atoms with E-state index >= 15 is 0 Å². The third-order valence-electron chi connectivity index (χ3n) is 2.82. The Hall–Kier alpha value is -3.02. The van der Waals surface area contributed by atoms with Crippen molar-refractivity contribution < 1.29 is 8.83 Å². The van der Waals surface area contributed by atoms with E-state index in [1.54, 1.807) is 18.3 Å². The van der Waals surface area contributed by atoms with Gasteiger partial charge in [0.25, 0.3) is 11.8 Å². The number of hydrogen-bond donors (Lipinski definition) is 0. The molecule has 20 heavy (non-hydrogen) atoms. The lowest BCUT2D eigenvalue weighted by atomic mass is 10.3. The van der Waals surface area contributed by atoms with Gasteiger partial charge in [-0.25, -0.2) is 9.97 Å². The summed E-state index contributed by atoms with van der Waals surface area (Å²) in [6.45, 7) is 0. The molecule has 0 spiro atoms. The Morgan fingerprint density at radius 3 is 2.65 bits per heavy atom. The van der Waals surface area contributed by atoms with E-state index in [0.717, 1.165) is 5.52 Å². The molecule has 0 atom stereocenters. The standard InChI is InChI=1S/C14H8N4O2/c1-2-6-12-10(4-1)16-14(20-12)13-17-11(8-19-13)9-5-3-7-15-18-9/h1-8H. The van der Waals surface area contributed by atoms with Crippen molar-refractivity contribution in [3.63, 3.8) is 0 Å². The first-order chi connectivity index (χ1) is 9.90. The van der Waals surface area contributed by atoms with Gasteiger partial charge in [0.2, 0.25) is 0 Å². The van der Waals surface area contributed by atoms with Crippen molar-refractivity contribution >= 4 is 11.1 Å². The molecule has 0 saturated heterocycles. The monoisotopic (exact) mass is 264 g/mol. The third kappa shape index (κ3) is 1.74. The smallest absolute Gasteiger partial charge is 0.284 e. The highest BCUT2D eigenvalue weighted by Gasteiger charge is 2.15. The van der Waals surface area contributed by atoms with Gasteiger partial charge in [-0.1, -0.05) is 12.1 Å². The van der Waals surface area contributed by atoms with E-state index < -0.39 is 0 Å². The van der Waals surface area contributed by atoms with E-state index in [9.17, 15) is 0 Å². The summed E-state index contributed by atoms with van der Waals surface area (Å²) in [5, 5.41) is 7.78. The minimum Gasteiger partial charge on any atom is -0.440 e. The first kappa shape index (κ1) is 10.9. The van der Waals surface area contributed by atoms with E-state index in [-0.39, 0.29) is 0 Å². The summed E-state index contributed by atoms with van der Waals surface area (Å²) >= 11 is 0. The van der Waals surface area contributed by atoms with Crippen molar-refractivity contribution in [3.8, 4) is 23.2 Å². The van der Waals surface area contributed by atoms with Gasteiger partial charge < -0.3 is 8.83 Å². The summed E-state index contributed by atoms with van der Waals surface area (Å²) in [6, 6.07) is 11.1. The molecule has 0 unspecified atom stereocenters. The van der Waals surface area contributed by atoms with Gasteiger partial charge in [0.15, 0.2) is 5.58 Å². The summed E-state index contributed by atoms with van der Waals surface area (Å²) in [5.74, 6) is 0.670. The highest BCUT2D eigenvalue weighted by Crippen LogP contribution is 2.25. The topological polar surface area (TPSA) is 77.8 Å². The van der Waals surface area contributed by atoms with Crippen LogP contribution >= 0.6 is 0 Å². The maximum atomic E-state index is 5.60. The quantitative estimate of drug-likeness (QED) is 0.554. The van der Waals surface area contributed by atoms with E-state index in [1.807, 2.05) is 24.3 Å². The summed E-state index contributed by atoms with van der Waals surface area (Å²) in [5.41, 5.74) is 2.69. The van der Waals surface area contributed by atoms with Gasteiger partial charge in [-0.2, -0.15) is 5.10 Å². The molecule has 4 aromatic rings. The van der Waals surface area contributed by atoms with Crippen LogP contribution in [0.2, 0.25) is 0 Å². The van der Waals surface area contributed by atoms with Gasteiger partial charge in [0, 0.05) is 6.20 Å². The molecule has 96 valence electrons. The van der Waals surface area contributed by atoms with Crippen LogP contribution in [0, 0.1) is 0 Å². The molecule has 0 bridgehead atoms. The Kier molecular flexibility index (Phi) is 2.32. The average molecular weight is 264 g/mol. The molecule has 3 aromatic heterocycles. The van der Waals surface area contributed by atoms with E-state index in [0.29, 0.717) is 28.8 Å². The number of aromatic nitrogens is 4. The van der Waals surface area contributed by atoms with Crippen LogP contribution in [0.4, 0.5) is 0 Å². The molecule has 4 rings (SSSR count). The van der Waals surface area contributed by atoms with E-state index in [1.165, 1.54) is 6.26 Å². The largest absolute Gasteiger partial charge is 0.440 e. The molecule has 0 radical (unpaired) electrons. The predicted octanol–water partition coefficient (Wildman–Crippen LogP) is 2.94. The molecule has 0 N–H and O–H groups in total. The highest BCUT2D eigenvalue weighted by molar-refractivity contribution is 5.74. The fourth-order valence-electron chi connectivity index (χ4n) is 1.89. The zero-order valence-corrected chi connectivity index (χ0v) is 10.2. The Morgan fingerprint density at radius 2 is 1.80 bits per heavy atom. The number of benzene rings is 1. The highest BCUT2D eigenvalue weighted by atomic mass is 16.4. The molecule has 0 amide bonds. The molecular weight excluding hydrogens is 256 g/mol. The van der Waals surface area contributed by atoms with Crippen LogP contribution in [0.25, 0.3) is 34.3 Å². The van der Waals surface area contributed by atoms with Crippen LogP contribution in [0.15, 0.2) is 57.7 Å². The van der Waals surface area contributed by atoms with Crippen LogP contribution in [-0.2, 0) is 0 Å². The lowest BCUT2D eigenvalue weighted by Gasteiger charge is -1.89. The van der Waals surface area contributed by atoms with Crippen molar-refractivity contribution in [3.05, 3.63) is 48.9 Å². The summed E-state index contributed by atoms with van der Waals surface area (Å²) < 4.78 is 11.0. The molecule has 0 saturated carbocycles. The second kappa shape index (κ2) is 4.27. The second-order valence-corrected chi connectivity index (χ2v) is 4.13. The predicted molar refractivity (Wildman–Crippen MR) is 70.5 cm³/mol.